The van der Waals surface area contributed by atoms with Gasteiger partial charge in [-0.1, -0.05) is 6.07 Å². The minimum atomic E-state index is -0.448. The lowest BCUT2D eigenvalue weighted by Gasteiger charge is -2.10. The molecule has 0 aliphatic heterocycles. The van der Waals surface area contributed by atoms with Crippen LogP contribution < -0.4 is 10.1 Å². The summed E-state index contributed by atoms with van der Waals surface area (Å²) in [4.78, 5) is 12.7. The largest absolute Gasteiger partial charge is 0.453 e. The van der Waals surface area contributed by atoms with Gasteiger partial charge in [-0.2, -0.15) is 5.10 Å². The molecule has 1 aromatic carbocycles. The molecule has 7 nitrogen and oxygen atoms in total. The number of benzene rings is 1. The van der Waals surface area contributed by atoms with Gasteiger partial charge in [-0.05, 0) is 49.7 Å². The van der Waals surface area contributed by atoms with Gasteiger partial charge in [0.2, 0.25) is 0 Å². The lowest BCUT2D eigenvalue weighted by atomic mass is 10.2. The Bertz CT molecular complexity index is 1130. The van der Waals surface area contributed by atoms with Crippen molar-refractivity contribution in [3.8, 4) is 17.3 Å². The maximum absolute atomic E-state index is 14.4. The fourth-order valence-electron chi connectivity index (χ4n) is 2.87. The first kappa shape index (κ1) is 18.5. The Kier molecular flexibility index (Phi) is 5.15. The van der Waals surface area contributed by atoms with E-state index in [0.29, 0.717) is 23.9 Å². The highest BCUT2D eigenvalue weighted by Gasteiger charge is 2.09. The van der Waals surface area contributed by atoms with Crippen molar-refractivity contribution in [1.82, 2.24) is 24.7 Å². The summed E-state index contributed by atoms with van der Waals surface area (Å²) in [6, 6.07) is 10.2. The minimum Gasteiger partial charge on any atom is -0.453 e. The monoisotopic (exact) mass is 390 g/mol. The molecular formula is C21H19FN6O. The quantitative estimate of drug-likeness (QED) is 0.531. The molecule has 4 rings (SSSR count). The molecular weight excluding hydrogens is 371 g/mol. The van der Waals surface area contributed by atoms with Crippen LogP contribution in [0.25, 0.3) is 5.82 Å². The number of nitrogens with one attached hydrogen (secondary N) is 1. The van der Waals surface area contributed by atoms with Crippen LogP contribution in [-0.2, 0) is 6.54 Å². The van der Waals surface area contributed by atoms with Crippen molar-refractivity contribution >= 4 is 5.82 Å². The third kappa shape index (κ3) is 4.37. The Morgan fingerprint density at radius 3 is 2.69 bits per heavy atom. The first-order chi connectivity index (χ1) is 14.1. The van der Waals surface area contributed by atoms with Gasteiger partial charge in [0.05, 0.1) is 24.3 Å². The minimum absolute atomic E-state index is 0.146. The molecule has 0 aliphatic carbocycles. The molecule has 0 radical (unpaired) electrons. The Labute approximate surface area is 167 Å². The molecule has 0 saturated carbocycles. The molecule has 0 bridgehead atoms. The van der Waals surface area contributed by atoms with Crippen molar-refractivity contribution in [1.29, 1.82) is 0 Å². The summed E-state index contributed by atoms with van der Waals surface area (Å²) in [5, 5.41) is 7.58. The number of anilines is 1. The first-order valence-electron chi connectivity index (χ1n) is 9.04. The molecule has 3 heterocycles. The Morgan fingerprint density at radius 2 is 1.97 bits per heavy atom. The lowest BCUT2D eigenvalue weighted by Crippen LogP contribution is -2.07. The van der Waals surface area contributed by atoms with Crippen LogP contribution in [0.5, 0.6) is 11.5 Å². The molecule has 0 spiro atoms. The Balaban J connectivity index is 1.45. The molecule has 0 amide bonds. The number of ether oxygens (including phenoxy) is 1. The van der Waals surface area contributed by atoms with E-state index in [1.54, 1.807) is 47.5 Å². The van der Waals surface area contributed by atoms with Gasteiger partial charge in [-0.3, -0.25) is 9.97 Å². The summed E-state index contributed by atoms with van der Waals surface area (Å²) in [6.45, 7) is 4.27. The topological polar surface area (TPSA) is 77.8 Å². The van der Waals surface area contributed by atoms with Crippen molar-refractivity contribution in [2.45, 2.75) is 20.4 Å². The van der Waals surface area contributed by atoms with Crippen LogP contribution in [0.2, 0.25) is 0 Å². The fraction of sp³-hybridized carbons (Fsp3) is 0.143. The standard InChI is InChI=1S/C21H19FN6O/c1-14-8-15(2)28(27-14)21-13-24-12-20(26-21)25-10-16-5-6-19(18(22)9-16)29-17-4-3-7-23-11-17/h3-9,11-13H,10H2,1-2H3,(H,25,26). The first-order valence-corrected chi connectivity index (χ1v) is 9.04. The molecule has 0 aliphatic rings. The van der Waals surface area contributed by atoms with Crippen LogP contribution in [0.15, 0.2) is 61.2 Å². The van der Waals surface area contributed by atoms with Crippen LogP contribution in [0.3, 0.4) is 0 Å². The van der Waals surface area contributed by atoms with E-state index < -0.39 is 5.82 Å². The van der Waals surface area contributed by atoms with Crippen molar-refractivity contribution in [3.05, 3.63) is 84.0 Å². The van der Waals surface area contributed by atoms with Crippen molar-refractivity contribution in [2.24, 2.45) is 0 Å². The van der Waals surface area contributed by atoms with Crippen LogP contribution >= 0.6 is 0 Å². The van der Waals surface area contributed by atoms with E-state index >= 15 is 0 Å². The molecule has 29 heavy (non-hydrogen) atoms. The number of aromatic nitrogens is 5. The zero-order valence-corrected chi connectivity index (χ0v) is 16.0. The highest BCUT2D eigenvalue weighted by molar-refractivity contribution is 5.39. The van der Waals surface area contributed by atoms with E-state index in [0.717, 1.165) is 17.0 Å². The van der Waals surface area contributed by atoms with E-state index in [1.165, 1.54) is 12.3 Å². The number of hydrogen-bond acceptors (Lipinski definition) is 6. The number of hydrogen-bond donors (Lipinski definition) is 1. The van der Waals surface area contributed by atoms with Gasteiger partial charge in [0.25, 0.3) is 0 Å². The van der Waals surface area contributed by atoms with Crippen LogP contribution in [-0.4, -0.2) is 24.7 Å². The third-order valence-corrected chi connectivity index (χ3v) is 4.18. The number of pyridine rings is 1. The summed E-state index contributed by atoms with van der Waals surface area (Å²) >= 11 is 0. The zero-order chi connectivity index (χ0) is 20.2. The predicted octanol–water partition coefficient (Wildman–Crippen LogP) is 4.22. The molecule has 8 heteroatoms. The van der Waals surface area contributed by atoms with E-state index in [4.69, 9.17) is 4.74 Å². The molecule has 0 unspecified atom stereocenters. The molecule has 0 fully saturated rings. The second-order valence-corrected chi connectivity index (χ2v) is 6.51. The smallest absolute Gasteiger partial charge is 0.174 e. The SMILES string of the molecule is Cc1cc(C)n(-c2cncc(NCc3ccc(Oc4cccnc4)c(F)c3)n2)n1. The number of nitrogens with zero attached hydrogens (tertiary/aromatic N) is 5. The molecule has 3 aromatic heterocycles. The van der Waals surface area contributed by atoms with Gasteiger partial charge in [0.15, 0.2) is 17.4 Å². The fourth-order valence-corrected chi connectivity index (χ4v) is 2.87. The van der Waals surface area contributed by atoms with Crippen molar-refractivity contribution in [2.75, 3.05) is 5.32 Å². The van der Waals surface area contributed by atoms with E-state index in [9.17, 15) is 4.39 Å². The van der Waals surface area contributed by atoms with Crippen LogP contribution in [0.4, 0.5) is 10.2 Å². The van der Waals surface area contributed by atoms with E-state index in [2.05, 4.69) is 25.4 Å². The normalized spacial score (nSPS) is 10.7. The van der Waals surface area contributed by atoms with Gasteiger partial charge in [0.1, 0.15) is 11.6 Å². The zero-order valence-electron chi connectivity index (χ0n) is 16.0. The van der Waals surface area contributed by atoms with Gasteiger partial charge in [0, 0.05) is 18.4 Å². The molecule has 0 saturated heterocycles. The number of halogens is 1. The molecule has 146 valence electrons. The van der Waals surface area contributed by atoms with E-state index in [-0.39, 0.29) is 5.75 Å². The summed E-state index contributed by atoms with van der Waals surface area (Å²) in [5.74, 6) is 1.37. The molecule has 4 aromatic rings. The van der Waals surface area contributed by atoms with E-state index in [1.807, 2.05) is 19.9 Å². The van der Waals surface area contributed by atoms with Gasteiger partial charge in [-0.25, -0.2) is 14.1 Å². The third-order valence-electron chi connectivity index (χ3n) is 4.18. The summed E-state index contributed by atoms with van der Waals surface area (Å²) in [7, 11) is 0. The Hall–Kier alpha value is -3.81. The average Bonchev–Trinajstić information content (AvgIpc) is 3.07. The number of aryl methyl sites for hydroxylation is 2. The number of rotatable bonds is 6. The lowest BCUT2D eigenvalue weighted by molar-refractivity contribution is 0.440. The van der Waals surface area contributed by atoms with Crippen LogP contribution in [0, 0.1) is 19.7 Å². The van der Waals surface area contributed by atoms with Crippen molar-refractivity contribution < 1.29 is 9.13 Å². The molecule has 1 N–H and O–H groups in total. The van der Waals surface area contributed by atoms with Crippen molar-refractivity contribution in [3.63, 3.8) is 0 Å². The second-order valence-electron chi connectivity index (χ2n) is 6.51. The highest BCUT2D eigenvalue weighted by Crippen LogP contribution is 2.24. The highest BCUT2D eigenvalue weighted by atomic mass is 19.1. The second kappa shape index (κ2) is 8.05. The molecule has 0 atom stereocenters. The van der Waals surface area contributed by atoms with Gasteiger partial charge in [-0.15, -0.1) is 0 Å². The van der Waals surface area contributed by atoms with Gasteiger partial charge >= 0.3 is 0 Å². The summed E-state index contributed by atoms with van der Waals surface area (Å²) in [5.41, 5.74) is 2.63. The summed E-state index contributed by atoms with van der Waals surface area (Å²) < 4.78 is 21.6. The maximum Gasteiger partial charge on any atom is 0.174 e. The maximum atomic E-state index is 14.4. The average molecular weight is 390 g/mol. The predicted molar refractivity (Wildman–Crippen MR) is 107 cm³/mol. The van der Waals surface area contributed by atoms with Gasteiger partial charge < -0.3 is 10.1 Å². The van der Waals surface area contributed by atoms with Crippen LogP contribution in [0.1, 0.15) is 17.0 Å². The Morgan fingerprint density at radius 1 is 1.07 bits per heavy atom. The summed E-state index contributed by atoms with van der Waals surface area (Å²) in [6.07, 6.45) is 6.42.